The number of unbranched alkanes of at least 4 members (excludes halogenated alkanes) is 1. The molecule has 0 saturated carbocycles. The van der Waals surface area contributed by atoms with Crippen molar-refractivity contribution >= 4 is 17.6 Å². The number of likely N-dealkylation sites (N-methyl/N-ethyl adjacent to an activating group) is 1. The molecule has 0 fully saturated rings. The summed E-state index contributed by atoms with van der Waals surface area (Å²) < 4.78 is 5.17. The van der Waals surface area contributed by atoms with Crippen molar-refractivity contribution in [3.05, 3.63) is 33.9 Å². The lowest BCUT2D eigenvalue weighted by Gasteiger charge is -2.16. The molecular formula is C14H18N2O6. The Morgan fingerprint density at radius 1 is 1.41 bits per heavy atom. The van der Waals surface area contributed by atoms with E-state index < -0.39 is 16.6 Å². The third-order valence-corrected chi connectivity index (χ3v) is 3.03. The fourth-order valence-electron chi connectivity index (χ4n) is 1.68. The summed E-state index contributed by atoms with van der Waals surface area (Å²) in [5.74, 6) is -1.71. The third-order valence-electron chi connectivity index (χ3n) is 3.03. The molecule has 1 amide bonds. The average molecular weight is 310 g/mol. The molecule has 22 heavy (non-hydrogen) atoms. The van der Waals surface area contributed by atoms with Gasteiger partial charge in [0.25, 0.3) is 5.91 Å². The highest BCUT2D eigenvalue weighted by Crippen LogP contribution is 2.28. The summed E-state index contributed by atoms with van der Waals surface area (Å²) in [6.07, 6.45) is 1.80. The second-order valence-corrected chi connectivity index (χ2v) is 4.70. The molecule has 1 N–H and O–H groups in total. The van der Waals surface area contributed by atoms with Gasteiger partial charge < -0.3 is 14.7 Å². The number of nitro benzene ring substituents is 1. The van der Waals surface area contributed by atoms with Gasteiger partial charge in [0, 0.05) is 19.7 Å². The summed E-state index contributed by atoms with van der Waals surface area (Å²) in [7, 11) is 1.63. The van der Waals surface area contributed by atoms with E-state index in [0.717, 1.165) is 18.9 Å². The van der Waals surface area contributed by atoms with Crippen molar-refractivity contribution in [1.29, 1.82) is 0 Å². The number of carboxylic acid groups (broad SMARTS) is 1. The Balaban J connectivity index is 2.79. The summed E-state index contributed by atoms with van der Waals surface area (Å²) >= 11 is 0. The van der Waals surface area contributed by atoms with Gasteiger partial charge in [0.15, 0.2) is 12.4 Å². The number of rotatable bonds is 8. The van der Waals surface area contributed by atoms with Crippen LogP contribution in [0.4, 0.5) is 5.69 Å². The van der Waals surface area contributed by atoms with Crippen LogP contribution in [0.1, 0.15) is 30.1 Å². The van der Waals surface area contributed by atoms with Crippen LogP contribution < -0.4 is 4.74 Å². The summed E-state index contributed by atoms with van der Waals surface area (Å²) in [5, 5.41) is 19.8. The molecule has 1 aromatic carbocycles. The van der Waals surface area contributed by atoms with E-state index in [0.29, 0.717) is 6.54 Å². The van der Waals surface area contributed by atoms with Crippen LogP contribution >= 0.6 is 0 Å². The van der Waals surface area contributed by atoms with Crippen molar-refractivity contribution in [3.63, 3.8) is 0 Å². The van der Waals surface area contributed by atoms with E-state index in [1.165, 1.54) is 17.0 Å². The molecule has 0 saturated heterocycles. The number of nitro groups is 1. The predicted octanol–water partition coefficient (Wildman–Crippen LogP) is 1.93. The molecule has 0 aliphatic carbocycles. The van der Waals surface area contributed by atoms with Gasteiger partial charge in [-0.2, -0.15) is 0 Å². The topological polar surface area (TPSA) is 110 Å². The molecule has 120 valence electrons. The van der Waals surface area contributed by atoms with Gasteiger partial charge in [-0.25, -0.2) is 4.79 Å². The normalized spacial score (nSPS) is 10.1. The summed E-state index contributed by atoms with van der Waals surface area (Å²) in [5.41, 5.74) is -0.700. The summed E-state index contributed by atoms with van der Waals surface area (Å²) in [6, 6.07) is 3.28. The van der Waals surface area contributed by atoms with Gasteiger partial charge in [-0.3, -0.25) is 14.9 Å². The van der Waals surface area contributed by atoms with Crippen molar-refractivity contribution in [3.8, 4) is 5.75 Å². The Hall–Kier alpha value is -2.64. The highest BCUT2D eigenvalue weighted by Gasteiger charge is 2.20. The first-order chi connectivity index (χ1) is 10.4. The average Bonchev–Trinajstić information content (AvgIpc) is 2.49. The smallest absolute Gasteiger partial charge is 0.335 e. The number of hydrogen-bond donors (Lipinski definition) is 1. The van der Waals surface area contributed by atoms with Crippen LogP contribution in [0.5, 0.6) is 5.75 Å². The number of aromatic carboxylic acids is 1. The van der Waals surface area contributed by atoms with Crippen LogP contribution in [0, 0.1) is 10.1 Å². The molecule has 0 aliphatic heterocycles. The number of benzene rings is 1. The Morgan fingerprint density at radius 2 is 2.09 bits per heavy atom. The highest BCUT2D eigenvalue weighted by atomic mass is 16.6. The zero-order valence-electron chi connectivity index (χ0n) is 12.4. The van der Waals surface area contributed by atoms with Crippen LogP contribution in [0.25, 0.3) is 0 Å². The molecule has 1 aromatic rings. The Labute approximate surface area is 127 Å². The second kappa shape index (κ2) is 7.96. The predicted molar refractivity (Wildman–Crippen MR) is 78.1 cm³/mol. The minimum atomic E-state index is -1.27. The van der Waals surface area contributed by atoms with Crippen molar-refractivity contribution in [2.24, 2.45) is 0 Å². The van der Waals surface area contributed by atoms with Crippen molar-refractivity contribution < 1.29 is 24.4 Å². The van der Waals surface area contributed by atoms with Gasteiger partial charge in [-0.15, -0.1) is 0 Å². The lowest BCUT2D eigenvalue weighted by Crippen LogP contribution is -2.32. The fraction of sp³-hybridized carbons (Fsp3) is 0.429. The molecule has 0 aliphatic rings. The van der Waals surface area contributed by atoms with E-state index in [-0.39, 0.29) is 23.8 Å². The van der Waals surface area contributed by atoms with Crippen LogP contribution in [-0.4, -0.2) is 47.0 Å². The third kappa shape index (κ3) is 4.72. The molecule has 0 heterocycles. The first-order valence-corrected chi connectivity index (χ1v) is 6.75. The number of amides is 1. The SMILES string of the molecule is CCCCN(C)C(=O)COc1ccc(C(=O)O)cc1[N+](=O)[O-]. The lowest BCUT2D eigenvalue weighted by atomic mass is 10.2. The number of nitrogens with zero attached hydrogens (tertiary/aromatic N) is 2. The van der Waals surface area contributed by atoms with Crippen LogP contribution in [0.2, 0.25) is 0 Å². The fourth-order valence-corrected chi connectivity index (χ4v) is 1.68. The maximum atomic E-state index is 11.8. The van der Waals surface area contributed by atoms with Gasteiger partial charge >= 0.3 is 11.7 Å². The summed E-state index contributed by atoms with van der Waals surface area (Å²) in [6.45, 7) is 2.24. The largest absolute Gasteiger partial charge is 0.478 e. The number of ether oxygens (including phenoxy) is 1. The Bertz CT molecular complexity index is 572. The van der Waals surface area contributed by atoms with Crippen LogP contribution in [0.15, 0.2) is 18.2 Å². The van der Waals surface area contributed by atoms with E-state index in [1.54, 1.807) is 7.05 Å². The zero-order chi connectivity index (χ0) is 16.7. The molecule has 0 radical (unpaired) electrons. The molecule has 0 aromatic heterocycles. The maximum absolute atomic E-state index is 11.8. The first kappa shape index (κ1) is 17.4. The maximum Gasteiger partial charge on any atom is 0.335 e. The zero-order valence-corrected chi connectivity index (χ0v) is 12.4. The Morgan fingerprint density at radius 3 is 2.64 bits per heavy atom. The van der Waals surface area contributed by atoms with Crippen LogP contribution in [-0.2, 0) is 4.79 Å². The van der Waals surface area contributed by atoms with E-state index in [1.807, 2.05) is 6.92 Å². The molecule has 0 spiro atoms. The van der Waals surface area contributed by atoms with Gasteiger partial charge in [-0.1, -0.05) is 13.3 Å². The monoisotopic (exact) mass is 310 g/mol. The van der Waals surface area contributed by atoms with Crippen molar-refractivity contribution in [2.45, 2.75) is 19.8 Å². The number of carbonyl (C=O) groups excluding carboxylic acids is 1. The molecule has 8 nitrogen and oxygen atoms in total. The van der Waals surface area contributed by atoms with E-state index in [2.05, 4.69) is 0 Å². The van der Waals surface area contributed by atoms with Crippen molar-refractivity contribution in [1.82, 2.24) is 4.90 Å². The first-order valence-electron chi connectivity index (χ1n) is 6.75. The quantitative estimate of drug-likeness (QED) is 0.580. The molecular weight excluding hydrogens is 292 g/mol. The van der Waals surface area contributed by atoms with Gasteiger partial charge in [0.05, 0.1) is 10.5 Å². The highest BCUT2D eigenvalue weighted by molar-refractivity contribution is 5.89. The lowest BCUT2D eigenvalue weighted by molar-refractivity contribution is -0.385. The standard InChI is InChI=1S/C14H18N2O6/c1-3-4-7-15(2)13(17)9-22-12-6-5-10(14(18)19)8-11(12)16(20)21/h5-6,8H,3-4,7,9H2,1-2H3,(H,18,19). The van der Waals surface area contributed by atoms with E-state index >= 15 is 0 Å². The number of hydrogen-bond acceptors (Lipinski definition) is 5. The molecule has 0 unspecified atom stereocenters. The van der Waals surface area contributed by atoms with Crippen LogP contribution in [0.3, 0.4) is 0 Å². The van der Waals surface area contributed by atoms with Gasteiger partial charge in [0.2, 0.25) is 0 Å². The minimum Gasteiger partial charge on any atom is -0.478 e. The van der Waals surface area contributed by atoms with Gasteiger partial charge in [0.1, 0.15) is 0 Å². The second-order valence-electron chi connectivity index (χ2n) is 4.70. The van der Waals surface area contributed by atoms with E-state index in [4.69, 9.17) is 9.84 Å². The van der Waals surface area contributed by atoms with Crippen molar-refractivity contribution in [2.75, 3.05) is 20.2 Å². The molecule has 0 atom stereocenters. The molecule has 0 bridgehead atoms. The molecule has 8 heteroatoms. The Kier molecular flexibility index (Phi) is 6.30. The minimum absolute atomic E-state index is 0.132. The van der Waals surface area contributed by atoms with Gasteiger partial charge in [-0.05, 0) is 18.6 Å². The molecule has 1 rings (SSSR count). The number of carbonyl (C=O) groups is 2. The van der Waals surface area contributed by atoms with E-state index in [9.17, 15) is 19.7 Å². The number of carboxylic acids is 1. The summed E-state index contributed by atoms with van der Waals surface area (Å²) in [4.78, 5) is 34.3.